The molecule has 2 nitrogen and oxygen atoms in total. The molecule has 146 valence electrons. The monoisotopic (exact) mass is 389 g/mol. The molecule has 0 amide bonds. The van der Waals surface area contributed by atoms with E-state index >= 15 is 0 Å². The summed E-state index contributed by atoms with van der Waals surface area (Å²) >= 11 is 0. The molecule has 0 atom stereocenters. The van der Waals surface area contributed by atoms with Crippen LogP contribution in [-0.4, -0.2) is 10.4 Å². The number of carbonyl (C=O) groups excluding carboxylic acids is 1. The van der Waals surface area contributed by atoms with E-state index in [1.807, 2.05) is 12.1 Å². The molecule has 1 aromatic heterocycles. The summed E-state index contributed by atoms with van der Waals surface area (Å²) in [5, 5.41) is 1.38. The average molecular weight is 389 g/mol. The maximum absolute atomic E-state index is 11.6. The van der Waals surface area contributed by atoms with E-state index in [1.54, 1.807) is 6.92 Å². The van der Waals surface area contributed by atoms with Crippen molar-refractivity contribution in [3.05, 3.63) is 95.6 Å². The molecule has 2 heteroatoms. The molecule has 3 aromatic carbocycles. The maximum Gasteiger partial charge on any atom is 0.159 e. The SMILES string of the molecule is CC(=O)c1ccc(-c2ccc3c(c2)C2(CC=CC2)c2c-3n(C)c3ccccc23)cc1. The highest BCUT2D eigenvalue weighted by atomic mass is 16.1. The van der Waals surface area contributed by atoms with Crippen LogP contribution in [0.15, 0.2) is 78.9 Å². The third kappa shape index (κ3) is 2.16. The van der Waals surface area contributed by atoms with Gasteiger partial charge in [-0.25, -0.2) is 0 Å². The fourth-order valence-electron chi connectivity index (χ4n) is 5.63. The summed E-state index contributed by atoms with van der Waals surface area (Å²) in [6.07, 6.45) is 6.78. The van der Waals surface area contributed by atoms with Crippen LogP contribution < -0.4 is 0 Å². The van der Waals surface area contributed by atoms with Gasteiger partial charge in [0.25, 0.3) is 0 Å². The fraction of sp³-hybridized carbons (Fsp3) is 0.179. The van der Waals surface area contributed by atoms with Gasteiger partial charge in [0, 0.05) is 34.5 Å². The van der Waals surface area contributed by atoms with Crippen molar-refractivity contribution in [2.75, 3.05) is 0 Å². The Balaban J connectivity index is 1.58. The molecule has 0 bridgehead atoms. The van der Waals surface area contributed by atoms with Gasteiger partial charge in [-0.2, -0.15) is 0 Å². The van der Waals surface area contributed by atoms with Crippen molar-refractivity contribution in [1.29, 1.82) is 0 Å². The first kappa shape index (κ1) is 17.5. The van der Waals surface area contributed by atoms with E-state index in [-0.39, 0.29) is 11.2 Å². The summed E-state index contributed by atoms with van der Waals surface area (Å²) in [6, 6.07) is 23.7. The molecular formula is C28H23NO. The Morgan fingerprint density at radius 1 is 0.900 bits per heavy atom. The molecule has 6 rings (SSSR count). The average Bonchev–Trinajstić information content (AvgIpc) is 3.45. The van der Waals surface area contributed by atoms with Gasteiger partial charge in [0.1, 0.15) is 0 Å². The van der Waals surface area contributed by atoms with Crippen molar-refractivity contribution in [2.24, 2.45) is 7.05 Å². The minimum absolute atomic E-state index is 0.0286. The molecule has 30 heavy (non-hydrogen) atoms. The van der Waals surface area contributed by atoms with Crippen LogP contribution in [-0.2, 0) is 12.5 Å². The van der Waals surface area contributed by atoms with E-state index in [2.05, 4.69) is 78.4 Å². The zero-order valence-corrected chi connectivity index (χ0v) is 17.3. The lowest BCUT2D eigenvalue weighted by Gasteiger charge is -2.27. The number of hydrogen-bond acceptors (Lipinski definition) is 1. The first-order valence-corrected chi connectivity index (χ1v) is 10.6. The Labute approximate surface area is 176 Å². The quantitative estimate of drug-likeness (QED) is 0.277. The third-order valence-corrected chi connectivity index (χ3v) is 7.10. The van der Waals surface area contributed by atoms with Crippen molar-refractivity contribution in [1.82, 2.24) is 4.57 Å². The van der Waals surface area contributed by atoms with Crippen molar-refractivity contribution in [3.63, 3.8) is 0 Å². The number of hydrogen-bond donors (Lipinski definition) is 0. The number of fused-ring (bicyclic) bond motifs is 7. The van der Waals surface area contributed by atoms with Gasteiger partial charge in [-0.05, 0) is 54.2 Å². The molecule has 0 unspecified atom stereocenters. The maximum atomic E-state index is 11.6. The zero-order chi connectivity index (χ0) is 20.5. The number of aromatic nitrogens is 1. The summed E-state index contributed by atoms with van der Waals surface area (Å²) in [5.41, 5.74) is 10.1. The van der Waals surface area contributed by atoms with Gasteiger partial charge < -0.3 is 4.57 Å². The largest absolute Gasteiger partial charge is 0.343 e. The van der Waals surface area contributed by atoms with Crippen molar-refractivity contribution >= 4 is 16.7 Å². The van der Waals surface area contributed by atoms with Gasteiger partial charge in [-0.15, -0.1) is 0 Å². The number of benzene rings is 3. The molecule has 0 saturated heterocycles. The second-order valence-corrected chi connectivity index (χ2v) is 8.66. The number of Topliss-reactive ketones (excluding diaryl/α,β-unsaturated/α-hetero) is 1. The second-order valence-electron chi connectivity index (χ2n) is 8.66. The summed E-state index contributed by atoms with van der Waals surface area (Å²) in [5.74, 6) is 0.105. The fourth-order valence-corrected chi connectivity index (χ4v) is 5.63. The van der Waals surface area contributed by atoms with E-state index < -0.39 is 0 Å². The van der Waals surface area contributed by atoms with Crippen molar-refractivity contribution in [2.45, 2.75) is 25.2 Å². The zero-order valence-electron chi connectivity index (χ0n) is 17.3. The smallest absolute Gasteiger partial charge is 0.159 e. The van der Waals surface area contributed by atoms with Gasteiger partial charge in [0.2, 0.25) is 0 Å². The molecule has 0 radical (unpaired) electrons. The van der Waals surface area contributed by atoms with Crippen LogP contribution in [0.2, 0.25) is 0 Å². The van der Waals surface area contributed by atoms with E-state index in [9.17, 15) is 4.79 Å². The molecule has 0 aliphatic heterocycles. The highest BCUT2D eigenvalue weighted by Gasteiger charge is 2.46. The first-order chi connectivity index (χ1) is 14.6. The Morgan fingerprint density at radius 3 is 2.33 bits per heavy atom. The minimum Gasteiger partial charge on any atom is -0.343 e. The predicted molar refractivity (Wildman–Crippen MR) is 123 cm³/mol. The number of rotatable bonds is 2. The molecule has 2 aliphatic carbocycles. The number of para-hydroxylation sites is 1. The standard InChI is InChI=1S/C28H23NO/c1-18(30)19-9-11-20(12-10-19)21-13-14-22-24(17-21)28(15-5-6-16-28)26-23-7-3-4-8-25(23)29(2)27(22)26/h3-14,17H,15-16H2,1-2H3. The van der Waals surface area contributed by atoms with E-state index in [0.29, 0.717) is 0 Å². The van der Waals surface area contributed by atoms with Gasteiger partial charge in [0.05, 0.1) is 5.69 Å². The molecule has 0 saturated carbocycles. The Hall–Kier alpha value is -3.39. The second kappa shape index (κ2) is 6.06. The summed E-state index contributed by atoms with van der Waals surface area (Å²) < 4.78 is 2.37. The molecule has 2 aliphatic rings. The lowest BCUT2D eigenvalue weighted by Crippen LogP contribution is -2.21. The number of ketones is 1. The first-order valence-electron chi connectivity index (χ1n) is 10.6. The van der Waals surface area contributed by atoms with Gasteiger partial charge in [-0.1, -0.05) is 66.7 Å². The molecule has 1 heterocycles. The molecule has 4 aromatic rings. The van der Waals surface area contributed by atoms with Crippen LogP contribution in [0.25, 0.3) is 33.3 Å². The van der Waals surface area contributed by atoms with Gasteiger partial charge >= 0.3 is 0 Å². The Morgan fingerprint density at radius 2 is 1.60 bits per heavy atom. The number of carbonyl (C=O) groups is 1. The lowest BCUT2D eigenvalue weighted by atomic mass is 9.75. The molecule has 0 N–H and O–H groups in total. The van der Waals surface area contributed by atoms with Crippen LogP contribution in [0.5, 0.6) is 0 Å². The molecular weight excluding hydrogens is 366 g/mol. The van der Waals surface area contributed by atoms with Crippen molar-refractivity contribution < 1.29 is 4.79 Å². The third-order valence-electron chi connectivity index (χ3n) is 7.10. The van der Waals surface area contributed by atoms with Gasteiger partial charge in [0.15, 0.2) is 5.78 Å². The number of allylic oxidation sites excluding steroid dienone is 2. The van der Waals surface area contributed by atoms with Crippen LogP contribution in [0.1, 0.15) is 41.3 Å². The van der Waals surface area contributed by atoms with E-state index in [1.165, 1.54) is 38.9 Å². The Kier molecular flexibility index (Phi) is 3.53. The number of nitrogens with zero attached hydrogens (tertiary/aromatic N) is 1. The van der Waals surface area contributed by atoms with Gasteiger partial charge in [-0.3, -0.25) is 4.79 Å². The Bertz CT molecular complexity index is 1360. The summed E-state index contributed by atoms with van der Waals surface area (Å²) in [6.45, 7) is 1.61. The highest BCUT2D eigenvalue weighted by molar-refractivity contribution is 5.99. The summed E-state index contributed by atoms with van der Waals surface area (Å²) in [7, 11) is 2.20. The topological polar surface area (TPSA) is 22.0 Å². The van der Waals surface area contributed by atoms with Crippen LogP contribution in [0, 0.1) is 0 Å². The van der Waals surface area contributed by atoms with Crippen LogP contribution in [0.4, 0.5) is 0 Å². The highest BCUT2D eigenvalue weighted by Crippen LogP contribution is 2.58. The number of aryl methyl sites for hydroxylation is 1. The molecule has 0 fully saturated rings. The minimum atomic E-state index is 0.0286. The lowest BCUT2D eigenvalue weighted by molar-refractivity contribution is 0.101. The van der Waals surface area contributed by atoms with Crippen LogP contribution >= 0.6 is 0 Å². The molecule has 1 spiro atoms. The predicted octanol–water partition coefficient (Wildman–Crippen LogP) is 6.66. The van der Waals surface area contributed by atoms with Crippen molar-refractivity contribution in [3.8, 4) is 22.4 Å². The van der Waals surface area contributed by atoms with E-state index in [4.69, 9.17) is 0 Å². The summed E-state index contributed by atoms with van der Waals surface area (Å²) in [4.78, 5) is 11.6. The van der Waals surface area contributed by atoms with E-state index in [0.717, 1.165) is 24.0 Å². The normalized spacial score (nSPS) is 15.7. The van der Waals surface area contributed by atoms with Crippen LogP contribution in [0.3, 0.4) is 0 Å².